The van der Waals surface area contributed by atoms with Crippen LogP contribution >= 0.6 is 0 Å². The third-order valence-electron chi connectivity index (χ3n) is 1.50. The van der Waals surface area contributed by atoms with Crippen molar-refractivity contribution in [2.24, 2.45) is 0 Å². The Morgan fingerprint density at radius 3 is 2.58 bits per heavy atom. The number of aliphatic hydroxyl groups excluding tert-OH is 1. The second-order valence-electron chi connectivity index (χ2n) is 2.33. The number of ether oxygens (including phenoxy) is 1. The number of aliphatic hydroxyl groups is 1. The van der Waals surface area contributed by atoms with E-state index in [1.807, 2.05) is 0 Å². The van der Waals surface area contributed by atoms with Crippen LogP contribution in [0.1, 0.15) is 11.9 Å². The summed E-state index contributed by atoms with van der Waals surface area (Å²) in [4.78, 5) is 0. The van der Waals surface area contributed by atoms with E-state index in [1.54, 1.807) is 0 Å². The van der Waals surface area contributed by atoms with Crippen LogP contribution in [0, 0.1) is 0 Å². The number of aromatic hydroxyl groups is 2. The van der Waals surface area contributed by atoms with Crippen LogP contribution in [-0.2, 0) is 4.74 Å². The molecule has 1 unspecified atom stereocenters. The average Bonchev–Trinajstić information content (AvgIpc) is 2.08. The van der Waals surface area contributed by atoms with Crippen LogP contribution in [0.4, 0.5) is 0 Å². The van der Waals surface area contributed by atoms with E-state index in [0.29, 0.717) is 0 Å². The Morgan fingerprint density at radius 1 is 1.33 bits per heavy atom. The van der Waals surface area contributed by atoms with Crippen LogP contribution in [0.5, 0.6) is 11.5 Å². The molecule has 0 spiro atoms. The molecule has 0 radical (unpaired) electrons. The van der Waals surface area contributed by atoms with Gasteiger partial charge in [0.15, 0.2) is 6.29 Å². The highest BCUT2D eigenvalue weighted by molar-refractivity contribution is 5.39. The van der Waals surface area contributed by atoms with Crippen molar-refractivity contribution in [2.45, 2.75) is 6.29 Å². The van der Waals surface area contributed by atoms with E-state index in [2.05, 4.69) is 4.74 Å². The molecule has 0 amide bonds. The SMILES string of the molecule is COC(O)c1cc(O)ccc1O. The maximum atomic E-state index is 9.19. The summed E-state index contributed by atoms with van der Waals surface area (Å²) in [5.74, 6) is -0.138. The Kier molecular flexibility index (Phi) is 2.52. The van der Waals surface area contributed by atoms with Crippen molar-refractivity contribution >= 4 is 0 Å². The quantitative estimate of drug-likeness (QED) is 0.452. The van der Waals surface area contributed by atoms with Crippen molar-refractivity contribution in [3.63, 3.8) is 0 Å². The van der Waals surface area contributed by atoms with Gasteiger partial charge in [-0.15, -0.1) is 0 Å². The molecule has 1 aromatic rings. The van der Waals surface area contributed by atoms with Gasteiger partial charge < -0.3 is 20.1 Å². The van der Waals surface area contributed by atoms with Gasteiger partial charge in [0.2, 0.25) is 0 Å². The molecule has 4 heteroatoms. The fourth-order valence-electron chi connectivity index (χ4n) is 0.867. The van der Waals surface area contributed by atoms with Crippen molar-refractivity contribution in [1.29, 1.82) is 0 Å². The Hall–Kier alpha value is -1.26. The zero-order chi connectivity index (χ0) is 9.14. The molecule has 0 bridgehead atoms. The molecule has 12 heavy (non-hydrogen) atoms. The summed E-state index contributed by atoms with van der Waals surface area (Å²) in [5, 5.41) is 27.3. The van der Waals surface area contributed by atoms with E-state index in [-0.39, 0.29) is 17.1 Å². The van der Waals surface area contributed by atoms with Gasteiger partial charge >= 0.3 is 0 Å². The van der Waals surface area contributed by atoms with Crippen LogP contribution in [-0.4, -0.2) is 22.4 Å². The van der Waals surface area contributed by atoms with Gasteiger partial charge in [0.1, 0.15) is 11.5 Å². The molecule has 4 nitrogen and oxygen atoms in total. The minimum Gasteiger partial charge on any atom is -0.508 e. The second-order valence-corrected chi connectivity index (χ2v) is 2.33. The standard InChI is InChI=1S/C8H10O4/c1-12-8(11)6-4-5(9)2-3-7(6)10/h2-4,8-11H,1H3. The highest BCUT2D eigenvalue weighted by Crippen LogP contribution is 2.27. The molecular weight excluding hydrogens is 160 g/mol. The normalized spacial score (nSPS) is 12.8. The van der Waals surface area contributed by atoms with Crippen LogP contribution in [0.3, 0.4) is 0 Å². The van der Waals surface area contributed by atoms with Gasteiger partial charge in [-0.2, -0.15) is 0 Å². The minimum atomic E-state index is -1.21. The number of phenols is 2. The lowest BCUT2D eigenvalue weighted by Gasteiger charge is -2.10. The lowest BCUT2D eigenvalue weighted by Crippen LogP contribution is -1.99. The Labute approximate surface area is 69.7 Å². The monoisotopic (exact) mass is 170 g/mol. The molecule has 1 aromatic carbocycles. The summed E-state index contributed by atoms with van der Waals surface area (Å²) in [6, 6.07) is 3.84. The molecule has 0 saturated carbocycles. The van der Waals surface area contributed by atoms with Crippen molar-refractivity contribution in [3.8, 4) is 11.5 Å². The smallest absolute Gasteiger partial charge is 0.184 e. The number of methoxy groups -OCH3 is 1. The summed E-state index contributed by atoms with van der Waals surface area (Å²) < 4.78 is 4.56. The molecule has 0 aliphatic carbocycles. The highest BCUT2D eigenvalue weighted by Gasteiger charge is 2.11. The molecule has 3 N–H and O–H groups in total. The first-order chi connectivity index (χ1) is 5.65. The van der Waals surface area contributed by atoms with E-state index >= 15 is 0 Å². The minimum absolute atomic E-state index is 0.0288. The molecular formula is C8H10O4. The third-order valence-corrected chi connectivity index (χ3v) is 1.50. The highest BCUT2D eigenvalue weighted by atomic mass is 16.6. The van der Waals surface area contributed by atoms with E-state index in [9.17, 15) is 5.11 Å². The fraction of sp³-hybridized carbons (Fsp3) is 0.250. The maximum absolute atomic E-state index is 9.19. The largest absolute Gasteiger partial charge is 0.508 e. The maximum Gasteiger partial charge on any atom is 0.184 e. The van der Waals surface area contributed by atoms with Crippen LogP contribution in [0.15, 0.2) is 18.2 Å². The van der Waals surface area contributed by atoms with E-state index in [4.69, 9.17) is 10.2 Å². The average molecular weight is 170 g/mol. The predicted octanol–water partition coefficient (Wildman–Crippen LogP) is 0.735. The van der Waals surface area contributed by atoms with Crippen molar-refractivity contribution in [3.05, 3.63) is 23.8 Å². The van der Waals surface area contributed by atoms with Gasteiger partial charge in [-0.25, -0.2) is 0 Å². The zero-order valence-electron chi connectivity index (χ0n) is 6.56. The van der Waals surface area contributed by atoms with Crippen LogP contribution in [0.2, 0.25) is 0 Å². The number of rotatable bonds is 2. The summed E-state index contributed by atoms with van der Waals surface area (Å²) >= 11 is 0. The number of phenolic OH excluding ortho intramolecular Hbond substituents is 2. The molecule has 0 fully saturated rings. The molecule has 1 atom stereocenters. The molecule has 66 valence electrons. The predicted molar refractivity (Wildman–Crippen MR) is 41.7 cm³/mol. The molecule has 0 aromatic heterocycles. The van der Waals surface area contributed by atoms with Gasteiger partial charge in [0.05, 0.1) is 5.56 Å². The molecule has 1 rings (SSSR count). The van der Waals surface area contributed by atoms with Crippen molar-refractivity contribution in [1.82, 2.24) is 0 Å². The lowest BCUT2D eigenvalue weighted by molar-refractivity contribution is -0.0781. The number of hydrogen-bond donors (Lipinski definition) is 3. The van der Waals surface area contributed by atoms with Gasteiger partial charge in [-0.1, -0.05) is 0 Å². The summed E-state index contributed by atoms with van der Waals surface area (Å²) in [6.07, 6.45) is -1.21. The first-order valence-corrected chi connectivity index (χ1v) is 3.38. The third kappa shape index (κ3) is 1.66. The van der Waals surface area contributed by atoms with Crippen LogP contribution < -0.4 is 0 Å². The Bertz CT molecular complexity index is 272. The van der Waals surface area contributed by atoms with Crippen molar-refractivity contribution < 1.29 is 20.1 Å². The number of benzene rings is 1. The lowest BCUT2D eigenvalue weighted by atomic mass is 10.2. The summed E-state index contributed by atoms with van der Waals surface area (Å²) in [5.41, 5.74) is 0.150. The molecule has 0 aliphatic rings. The summed E-state index contributed by atoms with van der Waals surface area (Å²) in [7, 11) is 1.30. The fourth-order valence-corrected chi connectivity index (χ4v) is 0.867. The second kappa shape index (κ2) is 3.42. The van der Waals surface area contributed by atoms with Crippen LogP contribution in [0.25, 0.3) is 0 Å². The van der Waals surface area contributed by atoms with Crippen molar-refractivity contribution in [2.75, 3.05) is 7.11 Å². The molecule has 0 aliphatic heterocycles. The van der Waals surface area contributed by atoms with Gasteiger partial charge in [0.25, 0.3) is 0 Å². The Morgan fingerprint density at radius 2 is 2.00 bits per heavy atom. The first kappa shape index (κ1) is 8.83. The van der Waals surface area contributed by atoms with E-state index < -0.39 is 6.29 Å². The van der Waals surface area contributed by atoms with E-state index in [1.165, 1.54) is 25.3 Å². The van der Waals surface area contributed by atoms with Gasteiger partial charge in [0, 0.05) is 7.11 Å². The zero-order valence-corrected chi connectivity index (χ0v) is 6.56. The van der Waals surface area contributed by atoms with Gasteiger partial charge in [-0.3, -0.25) is 0 Å². The Balaban J connectivity index is 3.04. The number of hydrogen-bond acceptors (Lipinski definition) is 4. The topological polar surface area (TPSA) is 69.9 Å². The van der Waals surface area contributed by atoms with E-state index in [0.717, 1.165) is 0 Å². The summed E-state index contributed by atoms with van der Waals surface area (Å²) in [6.45, 7) is 0. The van der Waals surface area contributed by atoms with Gasteiger partial charge in [-0.05, 0) is 18.2 Å². The first-order valence-electron chi connectivity index (χ1n) is 3.38. The molecule has 0 heterocycles. The molecule has 0 saturated heterocycles.